The van der Waals surface area contributed by atoms with Gasteiger partial charge in [0.1, 0.15) is 10.8 Å². The minimum absolute atomic E-state index is 0.362. The van der Waals surface area contributed by atoms with Crippen molar-refractivity contribution < 1.29 is 4.74 Å². The van der Waals surface area contributed by atoms with Crippen molar-refractivity contribution in [3.63, 3.8) is 0 Å². The highest BCUT2D eigenvalue weighted by Crippen LogP contribution is 2.24. The van der Waals surface area contributed by atoms with Crippen molar-refractivity contribution in [2.45, 2.75) is 17.1 Å². The van der Waals surface area contributed by atoms with E-state index in [1.807, 2.05) is 37.3 Å². The first-order chi connectivity index (χ1) is 11.7. The molecule has 0 bridgehead atoms. The number of ether oxygens (including phenoxy) is 1. The quantitative estimate of drug-likeness (QED) is 0.645. The number of rotatable bonds is 6. The summed E-state index contributed by atoms with van der Waals surface area (Å²) in [5.74, 6) is 1.71. The normalized spacial score (nSPS) is 10.4. The fourth-order valence-corrected chi connectivity index (χ4v) is 2.70. The molecular formula is C15H14N6OS2. The Balaban J connectivity index is 1.71. The first-order valence-electron chi connectivity index (χ1n) is 7.19. The van der Waals surface area contributed by atoms with E-state index < -0.39 is 0 Å². The van der Waals surface area contributed by atoms with Crippen molar-refractivity contribution in [2.75, 3.05) is 11.9 Å². The van der Waals surface area contributed by atoms with Gasteiger partial charge in [-0.1, -0.05) is 18.2 Å². The van der Waals surface area contributed by atoms with Crippen molar-refractivity contribution in [2.24, 2.45) is 0 Å². The topological polar surface area (TPSA) is 88.6 Å². The van der Waals surface area contributed by atoms with Gasteiger partial charge in [0.2, 0.25) is 16.6 Å². The SMILES string of the molecule is CCNc1nc(Sc2ccc(Oc3ccccc3)nn2)nc(=S)[nH]1. The lowest BCUT2D eigenvalue weighted by molar-refractivity contribution is 0.452. The molecule has 3 aromatic rings. The highest BCUT2D eigenvalue weighted by atomic mass is 32.2. The lowest BCUT2D eigenvalue weighted by Crippen LogP contribution is -2.04. The molecule has 0 amide bonds. The second kappa shape index (κ2) is 7.84. The largest absolute Gasteiger partial charge is 0.438 e. The van der Waals surface area contributed by atoms with Gasteiger partial charge in [-0.15, -0.1) is 10.2 Å². The fraction of sp³-hybridized carbons (Fsp3) is 0.133. The minimum Gasteiger partial charge on any atom is -0.438 e. The number of anilines is 1. The smallest absolute Gasteiger partial charge is 0.238 e. The van der Waals surface area contributed by atoms with Gasteiger partial charge in [0.25, 0.3) is 0 Å². The van der Waals surface area contributed by atoms with Crippen LogP contribution in [0.4, 0.5) is 5.95 Å². The third-order valence-electron chi connectivity index (χ3n) is 2.75. The standard InChI is InChI=1S/C15H14N6OS2/c1-2-16-13-17-14(23)19-15(18-13)24-12-9-8-11(20-21-12)22-10-6-4-3-5-7-10/h3-9H,2H2,1H3,(H2,16,17,18,19,23). The van der Waals surface area contributed by atoms with Crippen LogP contribution in [0.25, 0.3) is 0 Å². The molecule has 0 unspecified atom stereocenters. The molecule has 2 N–H and O–H groups in total. The average molecular weight is 358 g/mol. The molecule has 0 aliphatic carbocycles. The van der Waals surface area contributed by atoms with Crippen molar-refractivity contribution in [3.8, 4) is 11.6 Å². The summed E-state index contributed by atoms with van der Waals surface area (Å²) in [6.45, 7) is 2.71. The number of nitrogens with zero attached hydrogens (tertiary/aromatic N) is 4. The Bertz CT molecular complexity index is 854. The summed E-state index contributed by atoms with van der Waals surface area (Å²) >= 11 is 6.37. The van der Waals surface area contributed by atoms with Gasteiger partial charge in [0, 0.05) is 12.6 Å². The van der Waals surface area contributed by atoms with Crippen LogP contribution in [0.5, 0.6) is 11.6 Å². The number of aromatic nitrogens is 5. The summed E-state index contributed by atoms with van der Waals surface area (Å²) < 4.78 is 5.97. The predicted molar refractivity (Wildman–Crippen MR) is 94.1 cm³/mol. The molecule has 0 spiro atoms. The number of hydrogen-bond donors (Lipinski definition) is 2. The third kappa shape index (κ3) is 4.49. The molecule has 9 heteroatoms. The molecule has 122 valence electrons. The van der Waals surface area contributed by atoms with E-state index in [1.54, 1.807) is 12.1 Å². The van der Waals surface area contributed by atoms with Crippen LogP contribution in [0, 0.1) is 4.77 Å². The fourth-order valence-electron chi connectivity index (χ4n) is 1.78. The van der Waals surface area contributed by atoms with E-state index in [9.17, 15) is 0 Å². The number of hydrogen-bond acceptors (Lipinski definition) is 8. The Kier molecular flexibility index (Phi) is 5.34. The van der Waals surface area contributed by atoms with Crippen molar-refractivity contribution in [1.82, 2.24) is 25.1 Å². The summed E-state index contributed by atoms with van der Waals surface area (Å²) in [6.07, 6.45) is 0. The first kappa shape index (κ1) is 16.3. The lowest BCUT2D eigenvalue weighted by Gasteiger charge is -2.05. The number of H-pyrrole nitrogens is 1. The maximum absolute atomic E-state index is 5.61. The number of para-hydroxylation sites is 1. The van der Waals surface area contributed by atoms with Crippen molar-refractivity contribution in [3.05, 3.63) is 47.2 Å². The molecule has 0 fully saturated rings. The van der Waals surface area contributed by atoms with E-state index in [0.29, 0.717) is 32.5 Å². The summed E-state index contributed by atoms with van der Waals surface area (Å²) in [5.41, 5.74) is 0. The van der Waals surface area contributed by atoms with Crippen molar-refractivity contribution in [1.29, 1.82) is 0 Å². The van der Waals surface area contributed by atoms with Crippen LogP contribution in [0.1, 0.15) is 6.92 Å². The Morgan fingerprint density at radius 2 is 1.96 bits per heavy atom. The number of aromatic amines is 1. The van der Waals surface area contributed by atoms with Crippen LogP contribution in [0.15, 0.2) is 52.6 Å². The summed E-state index contributed by atoms with van der Waals surface area (Å²) in [6, 6.07) is 13.0. The van der Waals surface area contributed by atoms with Gasteiger partial charge in [-0.05, 0) is 49.1 Å². The molecular weight excluding hydrogens is 344 g/mol. The van der Waals surface area contributed by atoms with Gasteiger partial charge in [0.05, 0.1) is 0 Å². The van der Waals surface area contributed by atoms with E-state index in [1.165, 1.54) is 11.8 Å². The first-order valence-corrected chi connectivity index (χ1v) is 8.42. The van der Waals surface area contributed by atoms with Gasteiger partial charge in [-0.2, -0.15) is 9.97 Å². The van der Waals surface area contributed by atoms with Crippen LogP contribution < -0.4 is 10.1 Å². The minimum atomic E-state index is 0.362. The number of nitrogens with one attached hydrogen (secondary N) is 2. The van der Waals surface area contributed by atoms with E-state index in [2.05, 4.69) is 30.5 Å². The molecule has 2 aromatic heterocycles. The molecule has 0 atom stereocenters. The Hall–Kier alpha value is -2.52. The molecule has 24 heavy (non-hydrogen) atoms. The lowest BCUT2D eigenvalue weighted by atomic mass is 10.3. The van der Waals surface area contributed by atoms with E-state index in [4.69, 9.17) is 17.0 Å². The van der Waals surface area contributed by atoms with E-state index in [-0.39, 0.29) is 0 Å². The molecule has 0 aliphatic rings. The molecule has 0 radical (unpaired) electrons. The molecule has 0 aliphatic heterocycles. The zero-order valence-corrected chi connectivity index (χ0v) is 14.4. The molecule has 3 rings (SSSR count). The summed E-state index contributed by atoms with van der Waals surface area (Å²) in [5, 5.41) is 12.4. The van der Waals surface area contributed by atoms with Crippen LogP contribution in [0.3, 0.4) is 0 Å². The monoisotopic (exact) mass is 358 g/mol. The molecule has 0 saturated carbocycles. The van der Waals surface area contributed by atoms with E-state index >= 15 is 0 Å². The maximum Gasteiger partial charge on any atom is 0.238 e. The third-order valence-corrected chi connectivity index (χ3v) is 3.74. The zero-order valence-electron chi connectivity index (χ0n) is 12.8. The highest BCUT2D eigenvalue weighted by Gasteiger charge is 2.06. The van der Waals surface area contributed by atoms with Crippen molar-refractivity contribution >= 4 is 29.9 Å². The maximum atomic E-state index is 5.61. The summed E-state index contributed by atoms with van der Waals surface area (Å²) in [4.78, 5) is 11.4. The van der Waals surface area contributed by atoms with Crippen LogP contribution in [-0.4, -0.2) is 31.7 Å². The van der Waals surface area contributed by atoms with Gasteiger partial charge in [-0.25, -0.2) is 0 Å². The molecule has 1 aromatic carbocycles. The van der Waals surface area contributed by atoms with Crippen LogP contribution in [0.2, 0.25) is 0 Å². The van der Waals surface area contributed by atoms with Gasteiger partial charge < -0.3 is 15.0 Å². The Morgan fingerprint density at radius 3 is 2.67 bits per heavy atom. The van der Waals surface area contributed by atoms with Crippen LogP contribution in [-0.2, 0) is 0 Å². The second-order valence-electron chi connectivity index (χ2n) is 4.54. The predicted octanol–water partition coefficient (Wildman–Crippen LogP) is 3.70. The van der Waals surface area contributed by atoms with Gasteiger partial charge >= 0.3 is 0 Å². The van der Waals surface area contributed by atoms with Gasteiger partial charge in [0.15, 0.2) is 5.16 Å². The summed E-state index contributed by atoms with van der Waals surface area (Å²) in [7, 11) is 0. The highest BCUT2D eigenvalue weighted by molar-refractivity contribution is 7.99. The molecule has 0 saturated heterocycles. The Morgan fingerprint density at radius 1 is 1.12 bits per heavy atom. The molecule has 2 heterocycles. The average Bonchev–Trinajstić information content (AvgIpc) is 2.57. The van der Waals surface area contributed by atoms with Crippen LogP contribution >= 0.6 is 24.0 Å². The molecule has 7 nitrogen and oxygen atoms in total. The number of benzene rings is 1. The second-order valence-corrected chi connectivity index (χ2v) is 5.92. The van der Waals surface area contributed by atoms with E-state index in [0.717, 1.165) is 6.54 Å². The van der Waals surface area contributed by atoms with Gasteiger partial charge in [-0.3, -0.25) is 0 Å². The Labute approximate surface area is 147 Å². The zero-order chi connectivity index (χ0) is 16.8.